The van der Waals surface area contributed by atoms with E-state index < -0.39 is 13.0 Å². The fourth-order valence-electron chi connectivity index (χ4n) is 3.86. The lowest BCUT2D eigenvalue weighted by Gasteiger charge is -2.29. The summed E-state index contributed by atoms with van der Waals surface area (Å²) in [7, 11) is 1.83. The molecule has 172 valence electrons. The summed E-state index contributed by atoms with van der Waals surface area (Å²) < 4.78 is 44.7. The molecule has 1 aromatic carbocycles. The smallest absolute Gasteiger partial charge is 0.297 e. The summed E-state index contributed by atoms with van der Waals surface area (Å²) in [6.45, 7) is 3.59. The van der Waals surface area contributed by atoms with Gasteiger partial charge in [0.2, 0.25) is 0 Å². The molecular weight excluding hydrogens is 474 g/mol. The summed E-state index contributed by atoms with van der Waals surface area (Å²) in [5.74, 6) is 0.778. The third-order valence-electron chi connectivity index (χ3n) is 5.39. The van der Waals surface area contributed by atoms with Gasteiger partial charge in [0.15, 0.2) is 0 Å². The Hall–Kier alpha value is -1.74. The van der Waals surface area contributed by atoms with Crippen LogP contribution in [0.25, 0.3) is 11.0 Å². The van der Waals surface area contributed by atoms with Crippen LogP contribution in [-0.2, 0) is 16.6 Å². The Kier molecular flexibility index (Phi) is 8.27. The lowest BCUT2D eigenvalue weighted by molar-refractivity contribution is -0.118. The van der Waals surface area contributed by atoms with Crippen LogP contribution in [0, 0.1) is 5.92 Å². The molecule has 0 saturated heterocycles. The highest BCUT2D eigenvalue weighted by Crippen LogP contribution is 2.33. The molecule has 9 heteroatoms. The monoisotopic (exact) mass is 502 g/mol. The van der Waals surface area contributed by atoms with Crippen LogP contribution in [0.3, 0.4) is 0 Å². The Labute approximate surface area is 189 Å². The highest BCUT2D eigenvalue weighted by molar-refractivity contribution is 9.10. The average Bonchev–Trinajstić information content (AvgIpc) is 3.02. The van der Waals surface area contributed by atoms with Crippen LogP contribution >= 0.6 is 15.9 Å². The minimum atomic E-state index is -2.53. The van der Waals surface area contributed by atoms with Crippen LogP contribution in [0.5, 0.6) is 11.8 Å². The second-order valence-electron chi connectivity index (χ2n) is 8.29. The number of carbonyl (C=O) groups excluding carboxylic acids is 1. The maximum atomic E-state index is 12.4. The molecule has 1 fully saturated rings. The zero-order chi connectivity index (χ0) is 22.5. The predicted octanol–water partition coefficient (Wildman–Crippen LogP) is 5.30. The van der Waals surface area contributed by atoms with Gasteiger partial charge in [-0.2, -0.15) is 4.98 Å². The van der Waals surface area contributed by atoms with Crippen molar-refractivity contribution in [1.29, 1.82) is 0 Å². The van der Waals surface area contributed by atoms with Gasteiger partial charge in [0.25, 0.3) is 12.4 Å². The summed E-state index contributed by atoms with van der Waals surface area (Å²) in [6.07, 6.45) is 1.77. The number of alkyl halides is 2. The molecule has 1 atom stereocenters. The van der Waals surface area contributed by atoms with Crippen LogP contribution in [0.4, 0.5) is 8.78 Å². The topological polar surface area (TPSA) is 62.6 Å². The Morgan fingerprint density at radius 3 is 2.55 bits per heavy atom. The van der Waals surface area contributed by atoms with Gasteiger partial charge < -0.3 is 19.0 Å². The maximum Gasteiger partial charge on any atom is 0.297 e. The number of imidazole rings is 1. The van der Waals surface area contributed by atoms with Crippen LogP contribution in [0.2, 0.25) is 0 Å². The van der Waals surface area contributed by atoms with Crippen molar-refractivity contribution in [3.05, 3.63) is 16.6 Å². The SMILES string of the molecule is CC(=O)C[C@@H](C)COC1CCC(Oc2nc3c(Br)cc(OCC(F)F)cc3n2C)CC1. The Balaban J connectivity index is 1.57. The lowest BCUT2D eigenvalue weighted by Crippen LogP contribution is -2.30. The van der Waals surface area contributed by atoms with Gasteiger partial charge >= 0.3 is 0 Å². The van der Waals surface area contributed by atoms with Crippen molar-refractivity contribution in [3.8, 4) is 11.8 Å². The van der Waals surface area contributed by atoms with Crippen LogP contribution in [0.15, 0.2) is 16.6 Å². The van der Waals surface area contributed by atoms with Crippen molar-refractivity contribution < 1.29 is 27.8 Å². The van der Waals surface area contributed by atoms with Crippen molar-refractivity contribution in [3.63, 3.8) is 0 Å². The molecule has 0 bridgehead atoms. The van der Waals surface area contributed by atoms with Crippen molar-refractivity contribution in [2.45, 2.75) is 64.6 Å². The summed E-state index contributed by atoms with van der Waals surface area (Å²) in [5.41, 5.74) is 1.43. The first-order valence-corrected chi connectivity index (χ1v) is 11.4. The van der Waals surface area contributed by atoms with Crippen LogP contribution < -0.4 is 9.47 Å². The first kappa shape index (κ1) is 23.9. The van der Waals surface area contributed by atoms with Crippen LogP contribution in [-0.4, -0.2) is 47.2 Å². The predicted molar refractivity (Wildman–Crippen MR) is 117 cm³/mol. The summed E-state index contributed by atoms with van der Waals surface area (Å²) in [6, 6.07) is 3.81. The third-order valence-corrected chi connectivity index (χ3v) is 6.00. The zero-order valence-corrected chi connectivity index (χ0v) is 19.7. The Morgan fingerprint density at radius 2 is 1.90 bits per heavy atom. The molecule has 0 amide bonds. The molecule has 1 aliphatic rings. The van der Waals surface area contributed by atoms with Crippen molar-refractivity contribution in [2.75, 3.05) is 13.2 Å². The number of hydrogen-bond donors (Lipinski definition) is 0. The molecule has 1 aromatic heterocycles. The van der Waals surface area contributed by atoms with Crippen molar-refractivity contribution >= 4 is 32.7 Å². The van der Waals surface area contributed by atoms with Gasteiger partial charge in [-0.1, -0.05) is 6.92 Å². The molecule has 6 nitrogen and oxygen atoms in total. The molecule has 0 radical (unpaired) electrons. The lowest BCUT2D eigenvalue weighted by atomic mass is 9.95. The average molecular weight is 503 g/mol. The van der Waals surface area contributed by atoms with Gasteiger partial charge in [0, 0.05) is 30.6 Å². The number of ketones is 1. The number of hydrogen-bond acceptors (Lipinski definition) is 5. The molecule has 0 aliphatic heterocycles. The minimum absolute atomic E-state index is 0.0401. The van der Waals surface area contributed by atoms with Gasteiger partial charge in [-0.15, -0.1) is 0 Å². The minimum Gasteiger partial charge on any atom is -0.488 e. The second kappa shape index (κ2) is 10.7. The highest BCUT2D eigenvalue weighted by Gasteiger charge is 2.25. The van der Waals surface area contributed by atoms with E-state index in [4.69, 9.17) is 14.2 Å². The molecule has 1 heterocycles. The Morgan fingerprint density at radius 1 is 1.23 bits per heavy atom. The normalized spacial score (nSPS) is 20.2. The first-order valence-electron chi connectivity index (χ1n) is 10.6. The quantitative estimate of drug-likeness (QED) is 0.440. The molecule has 1 aliphatic carbocycles. The molecule has 0 unspecified atom stereocenters. The van der Waals surface area contributed by atoms with E-state index in [9.17, 15) is 13.6 Å². The van der Waals surface area contributed by atoms with Gasteiger partial charge in [-0.05, 0) is 60.5 Å². The molecule has 2 aromatic rings. The van der Waals surface area contributed by atoms with E-state index in [1.165, 1.54) is 0 Å². The van der Waals surface area contributed by atoms with Crippen molar-refractivity contribution in [2.24, 2.45) is 13.0 Å². The fourth-order valence-corrected chi connectivity index (χ4v) is 4.38. The summed E-state index contributed by atoms with van der Waals surface area (Å²) in [4.78, 5) is 15.8. The molecule has 1 saturated carbocycles. The first-order chi connectivity index (χ1) is 14.7. The second-order valence-corrected chi connectivity index (χ2v) is 9.14. The van der Waals surface area contributed by atoms with Crippen molar-refractivity contribution in [1.82, 2.24) is 9.55 Å². The number of benzene rings is 1. The number of carbonyl (C=O) groups is 1. The number of rotatable bonds is 10. The van der Waals surface area contributed by atoms with Gasteiger partial charge in [0.05, 0.1) is 11.6 Å². The molecule has 3 rings (SSSR count). The van der Waals surface area contributed by atoms with E-state index in [1.807, 2.05) is 14.0 Å². The number of ether oxygens (including phenoxy) is 3. The molecular formula is C22H29BrF2N2O4. The number of Topliss-reactive ketones (excluding diaryl/α,β-unsaturated/α-hetero) is 1. The van der Waals surface area contributed by atoms with Gasteiger partial charge in [0.1, 0.15) is 29.8 Å². The number of aromatic nitrogens is 2. The number of halogens is 3. The Bertz CT molecular complexity index is 897. The largest absolute Gasteiger partial charge is 0.488 e. The third kappa shape index (κ3) is 6.62. The van der Waals surface area contributed by atoms with E-state index in [-0.39, 0.29) is 23.9 Å². The van der Waals surface area contributed by atoms with Gasteiger partial charge in [-0.25, -0.2) is 8.78 Å². The maximum absolute atomic E-state index is 12.4. The molecule has 0 spiro atoms. The standard InChI is InChI=1S/C22H29BrF2N2O4/c1-13(8-14(2)28)11-29-15-4-6-16(7-5-15)31-22-26-21-18(23)9-17(30-12-20(24)25)10-19(21)27(22)3/h9-10,13,15-16,20H,4-8,11-12H2,1-3H3/t13-,15?,16?/m1/s1. The van der Waals surface area contributed by atoms with E-state index >= 15 is 0 Å². The van der Waals surface area contributed by atoms with E-state index in [2.05, 4.69) is 20.9 Å². The molecule has 0 N–H and O–H groups in total. The number of nitrogens with zero attached hydrogens (tertiary/aromatic N) is 2. The van der Waals surface area contributed by atoms with E-state index in [0.29, 0.717) is 34.8 Å². The summed E-state index contributed by atoms with van der Waals surface area (Å²) in [5, 5.41) is 0. The van der Waals surface area contributed by atoms with Crippen LogP contribution in [0.1, 0.15) is 46.0 Å². The fraction of sp³-hybridized carbons (Fsp3) is 0.636. The highest BCUT2D eigenvalue weighted by atomic mass is 79.9. The number of aryl methyl sites for hydroxylation is 1. The number of fused-ring (bicyclic) bond motifs is 1. The van der Waals surface area contributed by atoms with Gasteiger partial charge in [-0.3, -0.25) is 4.57 Å². The van der Waals surface area contributed by atoms with E-state index in [0.717, 1.165) is 31.2 Å². The summed E-state index contributed by atoms with van der Waals surface area (Å²) >= 11 is 3.44. The molecule has 31 heavy (non-hydrogen) atoms. The zero-order valence-electron chi connectivity index (χ0n) is 18.1. The van der Waals surface area contributed by atoms with E-state index in [1.54, 1.807) is 23.6 Å².